The van der Waals surface area contributed by atoms with E-state index in [0.717, 1.165) is 31.9 Å². The smallest absolute Gasteiger partial charge is 0.410 e. The Morgan fingerprint density at radius 2 is 1.85 bits per heavy atom. The van der Waals surface area contributed by atoms with E-state index < -0.39 is 5.60 Å². The standard InChI is InChI=1S/C19H36N4O4/c1-7-22(18(25)27-19(3,4)5)14-11-21-17(20-6)23-12-9-15(10-13-23)16(24)26-8-2/h15H,7-14H2,1-6H3,(H,20,21). The molecule has 0 aromatic rings. The number of likely N-dealkylation sites (tertiary alicyclic amines) is 1. The van der Waals surface area contributed by atoms with Gasteiger partial charge in [0.1, 0.15) is 5.60 Å². The van der Waals surface area contributed by atoms with Crippen molar-refractivity contribution >= 4 is 18.0 Å². The van der Waals surface area contributed by atoms with Gasteiger partial charge in [-0.1, -0.05) is 0 Å². The molecule has 0 aliphatic carbocycles. The number of aliphatic imine (C=N–C) groups is 1. The van der Waals surface area contributed by atoms with Crippen LogP contribution in [-0.2, 0) is 14.3 Å². The molecule has 0 saturated carbocycles. The number of esters is 1. The number of carbonyl (C=O) groups excluding carboxylic acids is 2. The molecule has 1 amide bonds. The third kappa shape index (κ3) is 8.05. The van der Waals surface area contributed by atoms with Crippen LogP contribution in [0.4, 0.5) is 4.79 Å². The first-order valence-corrected chi connectivity index (χ1v) is 9.82. The summed E-state index contributed by atoms with van der Waals surface area (Å²) >= 11 is 0. The molecule has 1 aliphatic rings. The van der Waals surface area contributed by atoms with E-state index in [4.69, 9.17) is 9.47 Å². The maximum Gasteiger partial charge on any atom is 0.410 e. The van der Waals surface area contributed by atoms with Crippen LogP contribution in [0.25, 0.3) is 0 Å². The SMILES string of the molecule is CCOC(=O)C1CCN(C(=NC)NCCN(CC)C(=O)OC(C)(C)C)CC1. The maximum absolute atomic E-state index is 12.2. The lowest BCUT2D eigenvalue weighted by Gasteiger charge is -2.33. The topological polar surface area (TPSA) is 83.5 Å². The van der Waals surface area contributed by atoms with E-state index in [-0.39, 0.29) is 18.0 Å². The molecule has 8 nitrogen and oxygen atoms in total. The van der Waals surface area contributed by atoms with Gasteiger partial charge in [-0.05, 0) is 47.5 Å². The molecule has 0 aromatic heterocycles. The predicted molar refractivity (Wildman–Crippen MR) is 106 cm³/mol. The normalized spacial score (nSPS) is 16.1. The van der Waals surface area contributed by atoms with E-state index in [0.29, 0.717) is 26.2 Å². The van der Waals surface area contributed by atoms with E-state index in [1.807, 2.05) is 34.6 Å². The van der Waals surface area contributed by atoms with Crippen LogP contribution in [0.1, 0.15) is 47.5 Å². The van der Waals surface area contributed by atoms with E-state index >= 15 is 0 Å². The first-order valence-electron chi connectivity index (χ1n) is 9.82. The van der Waals surface area contributed by atoms with E-state index in [2.05, 4.69) is 15.2 Å². The number of piperidine rings is 1. The number of hydrogen-bond acceptors (Lipinski definition) is 5. The molecule has 0 unspecified atom stereocenters. The van der Waals surface area contributed by atoms with Crippen LogP contribution in [0.5, 0.6) is 0 Å². The van der Waals surface area contributed by atoms with Crippen LogP contribution >= 0.6 is 0 Å². The Labute approximate surface area is 163 Å². The second kappa shape index (κ2) is 11.0. The summed E-state index contributed by atoms with van der Waals surface area (Å²) in [5.41, 5.74) is -0.503. The molecular weight excluding hydrogens is 348 g/mol. The van der Waals surface area contributed by atoms with Gasteiger partial charge in [-0.2, -0.15) is 0 Å². The number of rotatable bonds is 6. The minimum Gasteiger partial charge on any atom is -0.466 e. The molecule has 1 rings (SSSR count). The van der Waals surface area contributed by atoms with Gasteiger partial charge in [0, 0.05) is 39.8 Å². The average molecular weight is 385 g/mol. The van der Waals surface area contributed by atoms with Crippen LogP contribution < -0.4 is 5.32 Å². The molecule has 27 heavy (non-hydrogen) atoms. The summed E-state index contributed by atoms with van der Waals surface area (Å²) in [5, 5.41) is 3.30. The summed E-state index contributed by atoms with van der Waals surface area (Å²) < 4.78 is 10.5. The summed E-state index contributed by atoms with van der Waals surface area (Å²) in [7, 11) is 1.74. The number of ether oxygens (including phenoxy) is 2. The first-order chi connectivity index (χ1) is 12.7. The largest absolute Gasteiger partial charge is 0.466 e. The Bertz CT molecular complexity index is 508. The Morgan fingerprint density at radius 1 is 1.22 bits per heavy atom. The molecule has 1 aliphatic heterocycles. The molecule has 0 atom stereocenters. The molecule has 1 fully saturated rings. The number of nitrogens with one attached hydrogen (secondary N) is 1. The van der Waals surface area contributed by atoms with Gasteiger partial charge in [-0.15, -0.1) is 0 Å². The van der Waals surface area contributed by atoms with Gasteiger partial charge in [0.05, 0.1) is 12.5 Å². The summed E-state index contributed by atoms with van der Waals surface area (Å²) in [6.45, 7) is 13.0. The molecule has 1 saturated heterocycles. The molecular formula is C19H36N4O4. The third-order valence-electron chi connectivity index (χ3n) is 4.32. The number of amides is 1. The third-order valence-corrected chi connectivity index (χ3v) is 4.32. The van der Waals surface area contributed by atoms with Crippen molar-refractivity contribution in [2.24, 2.45) is 10.9 Å². The highest BCUT2D eigenvalue weighted by molar-refractivity contribution is 5.80. The zero-order valence-electron chi connectivity index (χ0n) is 17.7. The Hall–Kier alpha value is -1.99. The second-order valence-corrected chi connectivity index (χ2v) is 7.55. The van der Waals surface area contributed by atoms with E-state index in [9.17, 15) is 9.59 Å². The number of hydrogen-bond donors (Lipinski definition) is 1. The highest BCUT2D eigenvalue weighted by atomic mass is 16.6. The second-order valence-electron chi connectivity index (χ2n) is 7.55. The Kier molecular flexibility index (Phi) is 9.38. The van der Waals surface area contributed by atoms with E-state index in [1.165, 1.54) is 0 Å². The minimum absolute atomic E-state index is 0.0259. The van der Waals surface area contributed by atoms with Gasteiger partial charge >= 0.3 is 12.1 Å². The molecule has 156 valence electrons. The zero-order valence-corrected chi connectivity index (χ0v) is 17.7. The van der Waals surface area contributed by atoms with Crippen LogP contribution in [0.15, 0.2) is 4.99 Å². The number of nitrogens with zero attached hydrogens (tertiary/aromatic N) is 3. The molecule has 0 radical (unpaired) electrons. The first kappa shape index (κ1) is 23.0. The lowest BCUT2D eigenvalue weighted by atomic mass is 9.97. The Balaban J connectivity index is 2.44. The summed E-state index contributed by atoms with van der Waals surface area (Å²) in [6.07, 6.45) is 1.22. The molecule has 0 spiro atoms. The predicted octanol–water partition coefficient (Wildman–Crippen LogP) is 2.09. The monoisotopic (exact) mass is 384 g/mol. The minimum atomic E-state index is -0.503. The van der Waals surface area contributed by atoms with Gasteiger partial charge in [-0.25, -0.2) is 4.79 Å². The number of guanidine groups is 1. The van der Waals surface area contributed by atoms with Gasteiger partial charge in [0.15, 0.2) is 5.96 Å². The van der Waals surface area contributed by atoms with Gasteiger partial charge in [-0.3, -0.25) is 9.79 Å². The van der Waals surface area contributed by atoms with Crippen molar-refractivity contribution in [1.29, 1.82) is 0 Å². The van der Waals surface area contributed by atoms with Crippen molar-refractivity contribution in [1.82, 2.24) is 15.1 Å². The Morgan fingerprint density at radius 3 is 2.33 bits per heavy atom. The average Bonchev–Trinajstić information content (AvgIpc) is 2.61. The highest BCUT2D eigenvalue weighted by Crippen LogP contribution is 2.18. The fourth-order valence-corrected chi connectivity index (χ4v) is 2.93. The van der Waals surface area contributed by atoms with Crippen molar-refractivity contribution < 1.29 is 19.1 Å². The van der Waals surface area contributed by atoms with Crippen molar-refractivity contribution in [3.63, 3.8) is 0 Å². The number of likely N-dealkylation sites (N-methyl/N-ethyl adjacent to an activating group) is 1. The zero-order chi connectivity index (χ0) is 20.4. The van der Waals surface area contributed by atoms with Crippen LogP contribution in [0.2, 0.25) is 0 Å². The molecule has 0 aromatic carbocycles. The van der Waals surface area contributed by atoms with Crippen LogP contribution in [0.3, 0.4) is 0 Å². The summed E-state index contributed by atoms with van der Waals surface area (Å²) in [4.78, 5) is 32.2. The van der Waals surface area contributed by atoms with Crippen molar-refractivity contribution in [2.75, 3.05) is 46.4 Å². The quantitative estimate of drug-likeness (QED) is 0.429. The summed E-state index contributed by atoms with van der Waals surface area (Å²) in [5.74, 6) is 0.663. The van der Waals surface area contributed by atoms with Crippen LogP contribution in [0, 0.1) is 5.92 Å². The summed E-state index contributed by atoms with van der Waals surface area (Å²) in [6, 6.07) is 0. The molecule has 8 heteroatoms. The highest BCUT2D eigenvalue weighted by Gasteiger charge is 2.27. The van der Waals surface area contributed by atoms with Crippen molar-refractivity contribution in [3.05, 3.63) is 0 Å². The fourth-order valence-electron chi connectivity index (χ4n) is 2.93. The van der Waals surface area contributed by atoms with E-state index in [1.54, 1.807) is 11.9 Å². The van der Waals surface area contributed by atoms with Crippen LogP contribution in [-0.4, -0.2) is 79.8 Å². The molecule has 0 bridgehead atoms. The molecule has 1 heterocycles. The van der Waals surface area contributed by atoms with Gasteiger partial charge < -0.3 is 24.6 Å². The van der Waals surface area contributed by atoms with Gasteiger partial charge in [0.2, 0.25) is 0 Å². The fraction of sp³-hybridized carbons (Fsp3) is 0.842. The van der Waals surface area contributed by atoms with Crippen molar-refractivity contribution in [2.45, 2.75) is 53.1 Å². The number of carbonyl (C=O) groups is 2. The lowest BCUT2D eigenvalue weighted by molar-refractivity contribution is -0.149. The lowest BCUT2D eigenvalue weighted by Crippen LogP contribution is -2.49. The van der Waals surface area contributed by atoms with Gasteiger partial charge in [0.25, 0.3) is 0 Å². The van der Waals surface area contributed by atoms with Crippen molar-refractivity contribution in [3.8, 4) is 0 Å². The molecule has 1 N–H and O–H groups in total. The maximum atomic E-state index is 12.2.